The van der Waals surface area contributed by atoms with Gasteiger partial charge in [0.25, 0.3) is 5.91 Å². The van der Waals surface area contributed by atoms with Crippen molar-refractivity contribution in [3.8, 4) is 0 Å². The number of fused-ring (bicyclic) bond motifs is 1. The number of hydrogen-bond donors (Lipinski definition) is 3. The quantitative estimate of drug-likeness (QED) is 0.757. The highest BCUT2D eigenvalue weighted by Gasteiger charge is 2.28. The maximum atomic E-state index is 12.1. The SMILES string of the molecule is CC(C)(NC(=O)c1c[nH]c2ccccc12)C(N)=O. The number of amides is 2. The third kappa shape index (κ3) is 2.07. The largest absolute Gasteiger partial charge is 0.368 e. The molecule has 5 heteroatoms. The molecule has 1 aromatic carbocycles. The van der Waals surface area contributed by atoms with Crippen LogP contribution >= 0.6 is 0 Å². The Morgan fingerprint density at radius 3 is 2.61 bits per heavy atom. The van der Waals surface area contributed by atoms with Gasteiger partial charge in [-0.25, -0.2) is 0 Å². The van der Waals surface area contributed by atoms with Gasteiger partial charge in [0.2, 0.25) is 5.91 Å². The van der Waals surface area contributed by atoms with Gasteiger partial charge in [-0.15, -0.1) is 0 Å². The molecule has 0 aliphatic carbocycles. The lowest BCUT2D eigenvalue weighted by atomic mass is 10.0. The first kappa shape index (κ1) is 12.2. The fraction of sp³-hybridized carbons (Fsp3) is 0.231. The van der Waals surface area contributed by atoms with Crippen molar-refractivity contribution in [2.24, 2.45) is 5.73 Å². The summed E-state index contributed by atoms with van der Waals surface area (Å²) in [5.41, 5.74) is 5.52. The molecule has 4 N–H and O–H groups in total. The summed E-state index contributed by atoms with van der Waals surface area (Å²) in [5.74, 6) is -0.896. The van der Waals surface area contributed by atoms with Crippen LogP contribution in [0.1, 0.15) is 24.2 Å². The van der Waals surface area contributed by atoms with Crippen LogP contribution in [0.3, 0.4) is 0 Å². The first-order valence-corrected chi connectivity index (χ1v) is 5.60. The smallest absolute Gasteiger partial charge is 0.254 e. The average molecular weight is 245 g/mol. The Morgan fingerprint density at radius 2 is 1.94 bits per heavy atom. The molecule has 0 radical (unpaired) electrons. The van der Waals surface area contributed by atoms with Crippen LogP contribution in [0.15, 0.2) is 30.5 Å². The maximum Gasteiger partial charge on any atom is 0.254 e. The van der Waals surface area contributed by atoms with Crippen LogP contribution in [-0.4, -0.2) is 22.3 Å². The minimum atomic E-state index is -1.07. The molecular weight excluding hydrogens is 230 g/mol. The third-order valence-electron chi connectivity index (χ3n) is 2.88. The van der Waals surface area contributed by atoms with Crippen LogP contribution in [0.2, 0.25) is 0 Å². The number of aromatic amines is 1. The van der Waals surface area contributed by atoms with Gasteiger partial charge in [0.15, 0.2) is 0 Å². The van der Waals surface area contributed by atoms with E-state index in [1.807, 2.05) is 24.3 Å². The van der Waals surface area contributed by atoms with Crippen molar-refractivity contribution in [2.45, 2.75) is 19.4 Å². The molecule has 94 valence electrons. The number of H-pyrrole nitrogens is 1. The maximum absolute atomic E-state index is 12.1. The van der Waals surface area contributed by atoms with Crippen molar-refractivity contribution < 1.29 is 9.59 Å². The third-order valence-corrected chi connectivity index (χ3v) is 2.88. The second kappa shape index (κ2) is 4.18. The van der Waals surface area contributed by atoms with Crippen molar-refractivity contribution in [1.29, 1.82) is 0 Å². The zero-order valence-corrected chi connectivity index (χ0v) is 10.3. The predicted octanol–water partition coefficient (Wildman–Crippen LogP) is 1.16. The van der Waals surface area contributed by atoms with Gasteiger partial charge in [-0.05, 0) is 19.9 Å². The molecule has 0 fully saturated rings. The molecule has 0 saturated carbocycles. The van der Waals surface area contributed by atoms with E-state index in [1.54, 1.807) is 20.0 Å². The summed E-state index contributed by atoms with van der Waals surface area (Å²) in [6, 6.07) is 7.46. The molecular formula is C13H15N3O2. The summed E-state index contributed by atoms with van der Waals surface area (Å²) in [7, 11) is 0. The Kier molecular flexibility index (Phi) is 2.82. The topological polar surface area (TPSA) is 88.0 Å². The highest BCUT2D eigenvalue weighted by Crippen LogP contribution is 2.18. The van der Waals surface area contributed by atoms with Crippen LogP contribution in [0, 0.1) is 0 Å². The van der Waals surface area contributed by atoms with E-state index in [9.17, 15) is 9.59 Å². The van der Waals surface area contributed by atoms with Gasteiger partial charge < -0.3 is 16.0 Å². The van der Waals surface area contributed by atoms with Crippen LogP contribution in [-0.2, 0) is 4.79 Å². The molecule has 0 unspecified atom stereocenters. The number of rotatable bonds is 3. The Bertz CT molecular complexity index is 613. The van der Waals surface area contributed by atoms with Gasteiger partial charge in [-0.2, -0.15) is 0 Å². The molecule has 0 aliphatic heterocycles. The minimum absolute atomic E-state index is 0.323. The number of benzene rings is 1. The van der Waals surface area contributed by atoms with Crippen LogP contribution in [0.25, 0.3) is 10.9 Å². The standard InChI is InChI=1S/C13H15N3O2/c1-13(2,12(14)18)16-11(17)9-7-15-10-6-4-3-5-8(9)10/h3-7,15H,1-2H3,(H2,14,18)(H,16,17). The molecule has 0 bridgehead atoms. The fourth-order valence-corrected chi connectivity index (χ4v) is 1.67. The molecule has 0 aliphatic rings. The lowest BCUT2D eigenvalue weighted by molar-refractivity contribution is -0.122. The van der Waals surface area contributed by atoms with Crippen molar-refractivity contribution in [3.05, 3.63) is 36.0 Å². The number of nitrogens with one attached hydrogen (secondary N) is 2. The van der Waals surface area contributed by atoms with E-state index in [2.05, 4.69) is 10.3 Å². The zero-order valence-electron chi connectivity index (χ0n) is 10.3. The first-order chi connectivity index (χ1) is 8.42. The van der Waals surface area contributed by atoms with Crippen molar-refractivity contribution in [1.82, 2.24) is 10.3 Å². The van der Waals surface area contributed by atoms with Crippen LogP contribution in [0.5, 0.6) is 0 Å². The molecule has 0 atom stereocenters. The molecule has 2 rings (SSSR count). The molecule has 5 nitrogen and oxygen atoms in total. The summed E-state index contributed by atoms with van der Waals surface area (Å²) in [5, 5.41) is 3.43. The lowest BCUT2D eigenvalue weighted by Crippen LogP contribution is -2.52. The Hall–Kier alpha value is -2.30. The number of carbonyl (C=O) groups is 2. The van der Waals surface area contributed by atoms with Gasteiger partial charge in [0, 0.05) is 17.1 Å². The van der Waals surface area contributed by atoms with Crippen LogP contribution < -0.4 is 11.1 Å². The van der Waals surface area contributed by atoms with Crippen molar-refractivity contribution >= 4 is 22.7 Å². The predicted molar refractivity (Wildman–Crippen MR) is 69.0 cm³/mol. The van der Waals surface area contributed by atoms with Crippen LogP contribution in [0.4, 0.5) is 0 Å². The summed E-state index contributed by atoms with van der Waals surface area (Å²) in [4.78, 5) is 26.3. The number of aromatic nitrogens is 1. The Labute approximate surface area is 104 Å². The molecule has 0 saturated heterocycles. The number of nitrogens with two attached hydrogens (primary N) is 1. The normalized spacial score (nSPS) is 11.4. The highest BCUT2D eigenvalue weighted by molar-refractivity contribution is 6.08. The van der Waals surface area contributed by atoms with Gasteiger partial charge in [0.05, 0.1) is 5.56 Å². The second-order valence-corrected chi connectivity index (χ2v) is 4.69. The van der Waals surface area contributed by atoms with Gasteiger partial charge >= 0.3 is 0 Å². The van der Waals surface area contributed by atoms with Gasteiger partial charge in [0.1, 0.15) is 5.54 Å². The second-order valence-electron chi connectivity index (χ2n) is 4.69. The monoisotopic (exact) mass is 245 g/mol. The number of para-hydroxylation sites is 1. The van der Waals surface area contributed by atoms with E-state index in [0.29, 0.717) is 5.56 Å². The Balaban J connectivity index is 2.32. The number of primary amides is 1. The summed E-state index contributed by atoms with van der Waals surface area (Å²) >= 11 is 0. The van der Waals surface area contributed by atoms with E-state index < -0.39 is 11.4 Å². The first-order valence-electron chi connectivity index (χ1n) is 5.60. The molecule has 1 heterocycles. The van der Waals surface area contributed by atoms with E-state index in [1.165, 1.54) is 0 Å². The molecule has 1 aromatic heterocycles. The minimum Gasteiger partial charge on any atom is -0.368 e. The molecule has 2 aromatic rings. The fourth-order valence-electron chi connectivity index (χ4n) is 1.67. The van der Waals surface area contributed by atoms with E-state index >= 15 is 0 Å². The van der Waals surface area contributed by atoms with Crippen molar-refractivity contribution in [2.75, 3.05) is 0 Å². The van der Waals surface area contributed by atoms with E-state index in [4.69, 9.17) is 5.73 Å². The van der Waals surface area contributed by atoms with E-state index in [-0.39, 0.29) is 5.91 Å². The van der Waals surface area contributed by atoms with Gasteiger partial charge in [-0.1, -0.05) is 18.2 Å². The Morgan fingerprint density at radius 1 is 1.28 bits per heavy atom. The molecule has 2 amide bonds. The number of carbonyl (C=O) groups excluding carboxylic acids is 2. The summed E-state index contributed by atoms with van der Waals surface area (Å²) in [6.07, 6.45) is 1.62. The molecule has 0 spiro atoms. The number of hydrogen-bond acceptors (Lipinski definition) is 2. The summed E-state index contributed by atoms with van der Waals surface area (Å²) in [6.45, 7) is 3.14. The molecule has 18 heavy (non-hydrogen) atoms. The average Bonchev–Trinajstić information content (AvgIpc) is 2.71. The lowest BCUT2D eigenvalue weighted by Gasteiger charge is -2.21. The zero-order chi connectivity index (χ0) is 13.3. The van der Waals surface area contributed by atoms with Gasteiger partial charge in [-0.3, -0.25) is 9.59 Å². The van der Waals surface area contributed by atoms with E-state index in [0.717, 1.165) is 10.9 Å². The highest BCUT2D eigenvalue weighted by atomic mass is 16.2. The van der Waals surface area contributed by atoms with Crippen molar-refractivity contribution in [3.63, 3.8) is 0 Å². The summed E-state index contributed by atoms with van der Waals surface area (Å²) < 4.78 is 0.